The minimum atomic E-state index is -3.76. The van der Waals surface area contributed by atoms with E-state index in [1.165, 1.54) is 3.97 Å². The summed E-state index contributed by atoms with van der Waals surface area (Å²) in [6.45, 7) is 0. The second kappa shape index (κ2) is 6.98. The molecule has 140 valence electrons. The van der Waals surface area contributed by atoms with Gasteiger partial charge >= 0.3 is 5.97 Å². The third-order valence-electron chi connectivity index (χ3n) is 4.57. The van der Waals surface area contributed by atoms with Crippen molar-refractivity contribution in [1.29, 1.82) is 0 Å². The summed E-state index contributed by atoms with van der Waals surface area (Å²) in [5.41, 5.74) is 2.75. The van der Waals surface area contributed by atoms with Gasteiger partial charge in [0.2, 0.25) is 0 Å². The van der Waals surface area contributed by atoms with E-state index < -0.39 is 16.0 Å². The first-order chi connectivity index (χ1) is 13.5. The fraction of sp³-hybridized carbons (Fsp3) is 0.0455. The van der Waals surface area contributed by atoms with Crippen LogP contribution in [0.15, 0.2) is 90.0 Å². The Morgan fingerprint density at radius 2 is 1.61 bits per heavy atom. The van der Waals surface area contributed by atoms with Crippen molar-refractivity contribution >= 4 is 26.9 Å². The van der Waals surface area contributed by atoms with Gasteiger partial charge in [0.25, 0.3) is 10.0 Å². The van der Waals surface area contributed by atoms with Crippen molar-refractivity contribution in [2.45, 2.75) is 11.3 Å². The maximum absolute atomic E-state index is 13.2. The molecule has 0 aliphatic carbocycles. The summed E-state index contributed by atoms with van der Waals surface area (Å²) < 4.78 is 27.7. The molecule has 1 heterocycles. The standard InChI is InChI=1S/C22H17NO4S/c24-22(25)14-16-7-6-8-17(13-16)20-15-23(21-12-5-4-11-19(20)21)28(26,27)18-9-2-1-3-10-18/h1-13,15H,14H2,(H,24,25). The highest BCUT2D eigenvalue weighted by Crippen LogP contribution is 2.33. The lowest BCUT2D eigenvalue weighted by molar-refractivity contribution is -0.136. The van der Waals surface area contributed by atoms with Gasteiger partial charge in [0.05, 0.1) is 16.8 Å². The Balaban J connectivity index is 1.93. The number of aromatic nitrogens is 1. The Labute approximate surface area is 162 Å². The number of carboxylic acid groups (broad SMARTS) is 1. The average molecular weight is 391 g/mol. The van der Waals surface area contributed by atoms with Crippen LogP contribution in [0.2, 0.25) is 0 Å². The normalized spacial score (nSPS) is 11.6. The van der Waals surface area contributed by atoms with E-state index in [0.29, 0.717) is 11.1 Å². The van der Waals surface area contributed by atoms with Gasteiger partial charge < -0.3 is 5.11 Å². The van der Waals surface area contributed by atoms with Crippen molar-refractivity contribution < 1.29 is 18.3 Å². The van der Waals surface area contributed by atoms with Crippen LogP contribution >= 0.6 is 0 Å². The van der Waals surface area contributed by atoms with E-state index >= 15 is 0 Å². The second-order valence-electron chi connectivity index (χ2n) is 6.44. The molecule has 5 nitrogen and oxygen atoms in total. The summed E-state index contributed by atoms with van der Waals surface area (Å²) in [4.78, 5) is 11.2. The molecule has 0 bridgehead atoms. The number of hydrogen-bond donors (Lipinski definition) is 1. The summed E-state index contributed by atoms with van der Waals surface area (Å²) in [6, 6.07) is 22.7. The van der Waals surface area contributed by atoms with Gasteiger partial charge in [-0.3, -0.25) is 4.79 Å². The number of hydrogen-bond acceptors (Lipinski definition) is 3. The molecule has 4 aromatic rings. The van der Waals surface area contributed by atoms with Crippen molar-refractivity contribution in [3.8, 4) is 11.1 Å². The number of para-hydroxylation sites is 1. The number of carbonyl (C=O) groups is 1. The molecule has 0 aliphatic rings. The minimum absolute atomic E-state index is 0.0885. The summed E-state index contributed by atoms with van der Waals surface area (Å²) in [5.74, 6) is -0.911. The molecule has 6 heteroatoms. The Kier molecular flexibility index (Phi) is 4.49. The number of rotatable bonds is 5. The van der Waals surface area contributed by atoms with Crippen molar-refractivity contribution in [3.63, 3.8) is 0 Å². The molecule has 0 unspecified atom stereocenters. The number of aliphatic carboxylic acids is 1. The molecular formula is C22H17NO4S. The molecule has 0 aliphatic heterocycles. The number of fused-ring (bicyclic) bond motifs is 1. The van der Waals surface area contributed by atoms with Gasteiger partial charge in [0.15, 0.2) is 0 Å². The van der Waals surface area contributed by atoms with Crippen LogP contribution in [0.3, 0.4) is 0 Å². The first-order valence-corrected chi connectivity index (χ1v) is 10.1. The Morgan fingerprint density at radius 1 is 0.893 bits per heavy atom. The molecule has 3 aromatic carbocycles. The average Bonchev–Trinajstić information content (AvgIpc) is 3.09. The van der Waals surface area contributed by atoms with E-state index in [0.717, 1.165) is 16.5 Å². The van der Waals surface area contributed by atoms with E-state index in [4.69, 9.17) is 5.11 Å². The molecule has 0 amide bonds. The highest BCUT2D eigenvalue weighted by molar-refractivity contribution is 7.90. The summed E-state index contributed by atoms with van der Waals surface area (Å²) >= 11 is 0. The third kappa shape index (κ3) is 3.18. The fourth-order valence-electron chi connectivity index (χ4n) is 3.31. The summed E-state index contributed by atoms with van der Waals surface area (Å²) in [7, 11) is -3.76. The van der Waals surface area contributed by atoms with Crippen LogP contribution < -0.4 is 0 Å². The zero-order chi connectivity index (χ0) is 19.7. The maximum Gasteiger partial charge on any atom is 0.307 e. The van der Waals surface area contributed by atoms with Crippen molar-refractivity contribution in [1.82, 2.24) is 3.97 Å². The van der Waals surface area contributed by atoms with E-state index in [2.05, 4.69) is 0 Å². The highest BCUT2D eigenvalue weighted by Gasteiger charge is 2.21. The molecule has 0 fully saturated rings. The molecule has 0 radical (unpaired) electrons. The molecule has 4 rings (SSSR count). The molecular weight excluding hydrogens is 374 g/mol. The zero-order valence-electron chi connectivity index (χ0n) is 14.8. The van der Waals surface area contributed by atoms with Crippen molar-refractivity contribution in [2.75, 3.05) is 0 Å². The largest absolute Gasteiger partial charge is 0.481 e. The van der Waals surface area contributed by atoms with Crippen molar-refractivity contribution in [2.24, 2.45) is 0 Å². The summed E-state index contributed by atoms with van der Waals surface area (Å²) in [6.07, 6.45) is 1.52. The first-order valence-electron chi connectivity index (χ1n) is 8.68. The lowest BCUT2D eigenvalue weighted by Gasteiger charge is -2.07. The molecule has 0 spiro atoms. The molecule has 1 N–H and O–H groups in total. The van der Waals surface area contributed by atoms with E-state index in [1.807, 2.05) is 18.2 Å². The fourth-order valence-corrected chi connectivity index (χ4v) is 4.70. The van der Waals surface area contributed by atoms with Crippen LogP contribution in [-0.4, -0.2) is 23.5 Å². The lowest BCUT2D eigenvalue weighted by Crippen LogP contribution is -2.11. The van der Waals surface area contributed by atoms with Gasteiger partial charge in [-0.2, -0.15) is 0 Å². The van der Waals surface area contributed by atoms with Gasteiger partial charge in [-0.25, -0.2) is 12.4 Å². The Morgan fingerprint density at radius 3 is 2.36 bits per heavy atom. The second-order valence-corrected chi connectivity index (χ2v) is 8.26. The van der Waals surface area contributed by atoms with Gasteiger partial charge in [0.1, 0.15) is 0 Å². The van der Waals surface area contributed by atoms with Crippen LogP contribution in [0.5, 0.6) is 0 Å². The van der Waals surface area contributed by atoms with Crippen LogP contribution in [0.1, 0.15) is 5.56 Å². The smallest absolute Gasteiger partial charge is 0.307 e. The van der Waals surface area contributed by atoms with Crippen molar-refractivity contribution in [3.05, 3.63) is 90.6 Å². The van der Waals surface area contributed by atoms with Crippen LogP contribution in [-0.2, 0) is 21.2 Å². The van der Waals surface area contributed by atoms with Gasteiger partial charge in [-0.1, -0.05) is 60.7 Å². The predicted molar refractivity (Wildman–Crippen MR) is 108 cm³/mol. The predicted octanol–water partition coefficient (Wildman–Crippen LogP) is 4.17. The molecule has 0 atom stereocenters. The SMILES string of the molecule is O=C(O)Cc1cccc(-c2cn(S(=O)(=O)c3ccccc3)c3ccccc23)c1. The monoisotopic (exact) mass is 391 g/mol. The Hall–Kier alpha value is -3.38. The van der Waals surface area contributed by atoms with Crippen LogP contribution in [0.25, 0.3) is 22.0 Å². The lowest BCUT2D eigenvalue weighted by atomic mass is 10.0. The Bertz CT molecular complexity index is 1270. The quantitative estimate of drug-likeness (QED) is 0.554. The number of carboxylic acids is 1. The van der Waals surface area contributed by atoms with Crippen LogP contribution in [0, 0.1) is 0 Å². The number of nitrogens with zero attached hydrogens (tertiary/aromatic N) is 1. The van der Waals surface area contributed by atoms with Gasteiger partial charge in [0, 0.05) is 17.1 Å². The molecule has 28 heavy (non-hydrogen) atoms. The first kappa shape index (κ1) is 18.0. The summed E-state index contributed by atoms with van der Waals surface area (Å²) in [5, 5.41) is 9.84. The number of benzene rings is 3. The molecule has 1 aromatic heterocycles. The zero-order valence-corrected chi connectivity index (χ0v) is 15.6. The maximum atomic E-state index is 13.2. The topological polar surface area (TPSA) is 76.4 Å². The van der Waals surface area contributed by atoms with E-state index in [9.17, 15) is 13.2 Å². The van der Waals surface area contributed by atoms with Crippen LogP contribution in [0.4, 0.5) is 0 Å². The highest BCUT2D eigenvalue weighted by atomic mass is 32.2. The minimum Gasteiger partial charge on any atom is -0.481 e. The third-order valence-corrected chi connectivity index (χ3v) is 6.26. The van der Waals surface area contributed by atoms with Gasteiger partial charge in [-0.15, -0.1) is 0 Å². The van der Waals surface area contributed by atoms with E-state index in [-0.39, 0.29) is 11.3 Å². The molecule has 0 saturated heterocycles. The van der Waals surface area contributed by atoms with E-state index in [1.54, 1.807) is 66.9 Å². The molecule has 0 saturated carbocycles. The van der Waals surface area contributed by atoms with Gasteiger partial charge in [-0.05, 0) is 29.3 Å².